The van der Waals surface area contributed by atoms with E-state index in [4.69, 9.17) is 0 Å². The van der Waals surface area contributed by atoms with Crippen molar-refractivity contribution in [2.24, 2.45) is 0 Å². The molecule has 31 heavy (non-hydrogen) atoms. The molecule has 2 N–H and O–H groups in total. The van der Waals surface area contributed by atoms with E-state index < -0.39 is 0 Å². The van der Waals surface area contributed by atoms with Crippen molar-refractivity contribution in [3.63, 3.8) is 0 Å². The van der Waals surface area contributed by atoms with Gasteiger partial charge < -0.3 is 10.6 Å². The average molecular weight is 485 g/mol. The molecule has 1 heterocycles. The van der Waals surface area contributed by atoms with Crippen LogP contribution in [-0.2, 0) is 17.6 Å². The number of benzene rings is 2. The molecule has 0 saturated heterocycles. The van der Waals surface area contributed by atoms with Crippen LogP contribution >= 0.6 is 15.9 Å². The highest BCUT2D eigenvalue weighted by atomic mass is 79.9. The second kappa shape index (κ2) is 9.43. The zero-order valence-electron chi connectivity index (χ0n) is 16.8. The van der Waals surface area contributed by atoms with E-state index in [1.807, 2.05) is 18.2 Å². The largest absolute Gasteiger partial charge is 0.342 e. The van der Waals surface area contributed by atoms with Gasteiger partial charge in [-0.15, -0.1) is 0 Å². The summed E-state index contributed by atoms with van der Waals surface area (Å²) >= 11 is 3.38. The molecular weight excluding hydrogens is 463 g/mol. The number of fused-ring (bicyclic) bond motifs is 1. The summed E-state index contributed by atoms with van der Waals surface area (Å²) in [7, 11) is 0. The molecule has 160 valence electrons. The first-order chi connectivity index (χ1) is 15.0. The molecule has 0 bridgehead atoms. The van der Waals surface area contributed by atoms with E-state index in [0.717, 1.165) is 47.8 Å². The summed E-state index contributed by atoms with van der Waals surface area (Å²) in [5, 5.41) is 10.00. The van der Waals surface area contributed by atoms with Crippen molar-refractivity contribution in [2.45, 2.75) is 32.1 Å². The van der Waals surface area contributed by atoms with E-state index in [1.54, 1.807) is 22.9 Å². The number of carbonyl (C=O) groups excluding carboxylic acids is 2. The Labute approximate surface area is 188 Å². The van der Waals surface area contributed by atoms with Gasteiger partial charge in [-0.25, -0.2) is 9.07 Å². The van der Waals surface area contributed by atoms with Gasteiger partial charge in [-0.2, -0.15) is 5.10 Å². The lowest BCUT2D eigenvalue weighted by Gasteiger charge is -2.08. The fourth-order valence-corrected chi connectivity index (χ4v) is 4.14. The van der Waals surface area contributed by atoms with Crippen LogP contribution in [0.4, 0.5) is 10.1 Å². The van der Waals surface area contributed by atoms with Gasteiger partial charge in [0.15, 0.2) is 5.69 Å². The zero-order chi connectivity index (χ0) is 21.8. The van der Waals surface area contributed by atoms with E-state index in [2.05, 4.69) is 31.7 Å². The van der Waals surface area contributed by atoms with Crippen molar-refractivity contribution >= 4 is 33.4 Å². The van der Waals surface area contributed by atoms with E-state index in [1.165, 1.54) is 12.1 Å². The number of hydrogen-bond donors (Lipinski definition) is 2. The summed E-state index contributed by atoms with van der Waals surface area (Å²) in [5.41, 5.74) is 3.56. The van der Waals surface area contributed by atoms with Crippen molar-refractivity contribution in [1.29, 1.82) is 0 Å². The first kappa shape index (κ1) is 21.2. The molecule has 0 spiro atoms. The highest BCUT2D eigenvalue weighted by Crippen LogP contribution is 2.26. The van der Waals surface area contributed by atoms with Gasteiger partial charge in [0, 0.05) is 15.7 Å². The number of nitrogens with one attached hydrogen (secondary N) is 2. The van der Waals surface area contributed by atoms with Crippen LogP contribution in [0.25, 0.3) is 5.69 Å². The minimum atomic E-state index is -0.388. The number of rotatable bonds is 5. The van der Waals surface area contributed by atoms with Crippen LogP contribution < -0.4 is 10.6 Å². The monoisotopic (exact) mass is 484 g/mol. The molecule has 2 amide bonds. The van der Waals surface area contributed by atoms with Gasteiger partial charge in [-0.3, -0.25) is 9.59 Å². The van der Waals surface area contributed by atoms with Crippen molar-refractivity contribution < 1.29 is 14.0 Å². The highest BCUT2D eigenvalue weighted by Gasteiger charge is 2.25. The maximum absolute atomic E-state index is 13.4. The minimum Gasteiger partial charge on any atom is -0.342 e. The third-order valence-electron chi connectivity index (χ3n) is 5.27. The Morgan fingerprint density at radius 3 is 2.55 bits per heavy atom. The van der Waals surface area contributed by atoms with Crippen LogP contribution in [0.1, 0.15) is 41.0 Å². The van der Waals surface area contributed by atoms with E-state index in [9.17, 15) is 14.0 Å². The number of aromatic nitrogens is 2. The summed E-state index contributed by atoms with van der Waals surface area (Å²) in [6, 6.07) is 13.3. The summed E-state index contributed by atoms with van der Waals surface area (Å²) in [6.07, 6.45) is 4.62. The van der Waals surface area contributed by atoms with Gasteiger partial charge in [0.1, 0.15) is 5.82 Å². The molecule has 3 aromatic rings. The molecule has 1 aliphatic carbocycles. The predicted molar refractivity (Wildman–Crippen MR) is 120 cm³/mol. The Hall–Kier alpha value is -3.00. The smallest absolute Gasteiger partial charge is 0.272 e. The normalized spacial score (nSPS) is 13.2. The first-order valence-corrected chi connectivity index (χ1v) is 11.0. The number of carbonyl (C=O) groups is 2. The van der Waals surface area contributed by atoms with Crippen LogP contribution in [0.15, 0.2) is 53.0 Å². The average Bonchev–Trinajstić information content (AvgIpc) is 2.95. The Bertz CT molecular complexity index is 1110. The molecule has 2 aromatic carbocycles. The molecule has 6 nitrogen and oxygen atoms in total. The second-order valence-electron chi connectivity index (χ2n) is 7.43. The van der Waals surface area contributed by atoms with Crippen LogP contribution in [-0.4, -0.2) is 28.1 Å². The molecule has 8 heteroatoms. The van der Waals surface area contributed by atoms with Gasteiger partial charge in [0.25, 0.3) is 5.91 Å². The van der Waals surface area contributed by atoms with Gasteiger partial charge in [-0.05, 0) is 78.0 Å². The van der Waals surface area contributed by atoms with E-state index >= 15 is 0 Å². The Morgan fingerprint density at radius 1 is 1.03 bits per heavy atom. The Morgan fingerprint density at radius 2 is 1.77 bits per heavy atom. The zero-order valence-corrected chi connectivity index (χ0v) is 18.4. The maximum atomic E-state index is 13.4. The van der Waals surface area contributed by atoms with Crippen molar-refractivity contribution in [1.82, 2.24) is 15.1 Å². The molecule has 4 rings (SSSR count). The molecule has 0 aliphatic heterocycles. The number of para-hydroxylation sites is 1. The van der Waals surface area contributed by atoms with Crippen molar-refractivity contribution in [3.8, 4) is 5.69 Å². The Kier molecular flexibility index (Phi) is 6.46. The van der Waals surface area contributed by atoms with Gasteiger partial charge in [0.2, 0.25) is 5.91 Å². The standard InChI is InChI=1S/C23H22BrFN4O2/c24-18-7-4-5-8-19(18)27-21(30)14-26-23(31)22-17-6-2-1-3-9-20(17)29(28-22)16-12-10-15(25)11-13-16/h4-5,7-8,10-13H,1-3,6,9,14H2,(H,26,31)(H,27,30). The molecule has 0 radical (unpaired) electrons. The van der Waals surface area contributed by atoms with Crippen LogP contribution in [0.3, 0.4) is 0 Å². The minimum absolute atomic E-state index is 0.168. The summed E-state index contributed by atoms with van der Waals surface area (Å²) in [5.74, 6) is -1.04. The van der Waals surface area contributed by atoms with Crippen LogP contribution in [0, 0.1) is 5.82 Å². The predicted octanol–water partition coefficient (Wildman–Crippen LogP) is 4.41. The number of hydrogen-bond acceptors (Lipinski definition) is 3. The van der Waals surface area contributed by atoms with E-state index in [0.29, 0.717) is 17.1 Å². The Balaban J connectivity index is 1.53. The molecule has 1 aliphatic rings. The number of halogens is 2. The topological polar surface area (TPSA) is 76.0 Å². The molecule has 1 aromatic heterocycles. The van der Waals surface area contributed by atoms with Gasteiger partial charge in [-0.1, -0.05) is 18.6 Å². The second-order valence-corrected chi connectivity index (χ2v) is 8.29. The summed E-state index contributed by atoms with van der Waals surface area (Å²) < 4.78 is 15.9. The lowest BCUT2D eigenvalue weighted by molar-refractivity contribution is -0.115. The molecule has 0 unspecified atom stereocenters. The summed E-state index contributed by atoms with van der Waals surface area (Å²) in [4.78, 5) is 25.2. The maximum Gasteiger partial charge on any atom is 0.272 e. The van der Waals surface area contributed by atoms with Crippen molar-refractivity contribution in [2.75, 3.05) is 11.9 Å². The van der Waals surface area contributed by atoms with E-state index in [-0.39, 0.29) is 24.2 Å². The highest BCUT2D eigenvalue weighted by molar-refractivity contribution is 9.10. The van der Waals surface area contributed by atoms with Gasteiger partial charge in [0.05, 0.1) is 17.9 Å². The van der Waals surface area contributed by atoms with Crippen LogP contribution in [0.2, 0.25) is 0 Å². The molecular formula is C23H22BrFN4O2. The number of amides is 2. The third kappa shape index (κ3) is 4.85. The summed E-state index contributed by atoms with van der Waals surface area (Å²) in [6.45, 7) is -0.168. The van der Waals surface area contributed by atoms with Crippen LogP contribution in [0.5, 0.6) is 0 Å². The number of anilines is 1. The first-order valence-electron chi connectivity index (χ1n) is 10.2. The molecule has 0 atom stereocenters. The third-order valence-corrected chi connectivity index (χ3v) is 5.97. The van der Waals surface area contributed by atoms with Crippen molar-refractivity contribution in [3.05, 3.63) is 75.8 Å². The lowest BCUT2D eigenvalue weighted by atomic mass is 10.1. The number of nitrogens with zero attached hydrogens (tertiary/aromatic N) is 2. The fourth-order valence-electron chi connectivity index (χ4n) is 3.76. The van der Waals surface area contributed by atoms with Gasteiger partial charge >= 0.3 is 0 Å². The molecule has 0 saturated carbocycles. The SMILES string of the molecule is O=C(CNC(=O)c1nn(-c2ccc(F)cc2)c2c1CCCCC2)Nc1ccccc1Br. The fraction of sp³-hybridized carbons (Fsp3) is 0.261. The molecule has 0 fully saturated rings. The lowest BCUT2D eigenvalue weighted by Crippen LogP contribution is -2.33. The quantitative estimate of drug-likeness (QED) is 0.526.